The van der Waals surface area contributed by atoms with Crippen molar-refractivity contribution in [1.82, 2.24) is 15.0 Å². The molecule has 6 heteroatoms. The van der Waals surface area contributed by atoms with E-state index in [1.54, 1.807) is 6.07 Å². The fraction of sp³-hybridized carbons (Fsp3) is 0.333. The molecule has 0 saturated carbocycles. The van der Waals surface area contributed by atoms with Crippen LogP contribution < -0.4 is 10.5 Å². The minimum Gasteiger partial charge on any atom is -0.497 e. The summed E-state index contributed by atoms with van der Waals surface area (Å²) in [5, 5.41) is 7.77. The van der Waals surface area contributed by atoms with Crippen LogP contribution in [-0.4, -0.2) is 22.1 Å². The van der Waals surface area contributed by atoms with Gasteiger partial charge in [-0.05, 0) is 12.0 Å². The van der Waals surface area contributed by atoms with Crippen molar-refractivity contribution in [2.75, 3.05) is 12.8 Å². The molecule has 2 rings (SSSR count). The van der Waals surface area contributed by atoms with Gasteiger partial charge in [0.2, 0.25) is 0 Å². The minimum atomic E-state index is -0.395. The number of nitrogens with two attached hydrogens (primary N) is 1. The Labute approximate surface area is 104 Å². The molecule has 5 nitrogen and oxygen atoms in total. The van der Waals surface area contributed by atoms with Crippen LogP contribution in [0.5, 0.6) is 5.75 Å². The molecule has 0 aliphatic carbocycles. The minimum absolute atomic E-state index is 0.134. The number of rotatable bonds is 3. The first-order valence-corrected chi connectivity index (χ1v) is 5.59. The number of hydrogen-bond donors (Lipinski definition) is 1. The highest BCUT2D eigenvalue weighted by Crippen LogP contribution is 2.25. The fourth-order valence-electron chi connectivity index (χ4n) is 1.82. The summed E-state index contributed by atoms with van der Waals surface area (Å²) in [4.78, 5) is 0. The third-order valence-corrected chi connectivity index (χ3v) is 2.62. The standard InChI is InChI=1S/C12H15FN4O/c1-7(2)11-12(14)15-16-17(11)9-4-8(13)5-10(6-9)18-3/h4-7H,14H2,1-3H3. The van der Waals surface area contributed by atoms with E-state index in [0.717, 1.165) is 5.69 Å². The summed E-state index contributed by atoms with van der Waals surface area (Å²) in [5.74, 6) is 0.518. The average Bonchev–Trinajstić information content (AvgIpc) is 2.70. The Morgan fingerprint density at radius 3 is 2.67 bits per heavy atom. The van der Waals surface area contributed by atoms with E-state index in [2.05, 4.69) is 10.3 Å². The van der Waals surface area contributed by atoms with Gasteiger partial charge in [0.25, 0.3) is 0 Å². The molecule has 0 atom stereocenters. The quantitative estimate of drug-likeness (QED) is 0.906. The van der Waals surface area contributed by atoms with Gasteiger partial charge >= 0.3 is 0 Å². The van der Waals surface area contributed by atoms with Crippen LogP contribution >= 0.6 is 0 Å². The lowest BCUT2D eigenvalue weighted by atomic mass is 10.1. The second kappa shape index (κ2) is 4.64. The van der Waals surface area contributed by atoms with E-state index in [9.17, 15) is 4.39 Å². The SMILES string of the molecule is COc1cc(F)cc(-n2nnc(N)c2C(C)C)c1. The summed E-state index contributed by atoms with van der Waals surface area (Å²) in [6, 6.07) is 4.35. The van der Waals surface area contributed by atoms with E-state index in [1.165, 1.54) is 23.9 Å². The van der Waals surface area contributed by atoms with Gasteiger partial charge in [-0.25, -0.2) is 9.07 Å². The Kier molecular flexibility index (Phi) is 3.18. The highest BCUT2D eigenvalue weighted by molar-refractivity contribution is 5.45. The van der Waals surface area contributed by atoms with Crippen LogP contribution in [0.1, 0.15) is 25.5 Å². The van der Waals surface area contributed by atoms with Crippen molar-refractivity contribution in [2.24, 2.45) is 0 Å². The molecule has 18 heavy (non-hydrogen) atoms. The van der Waals surface area contributed by atoms with Crippen LogP contribution in [0.2, 0.25) is 0 Å². The Bertz CT molecular complexity index is 565. The van der Waals surface area contributed by atoms with E-state index in [0.29, 0.717) is 17.3 Å². The van der Waals surface area contributed by atoms with E-state index in [4.69, 9.17) is 10.5 Å². The van der Waals surface area contributed by atoms with Gasteiger partial charge in [-0.15, -0.1) is 5.10 Å². The van der Waals surface area contributed by atoms with E-state index >= 15 is 0 Å². The van der Waals surface area contributed by atoms with Crippen LogP contribution in [-0.2, 0) is 0 Å². The van der Waals surface area contributed by atoms with Crippen molar-refractivity contribution in [3.63, 3.8) is 0 Å². The van der Waals surface area contributed by atoms with E-state index in [1.807, 2.05) is 13.8 Å². The average molecular weight is 250 g/mol. The Hall–Kier alpha value is -2.11. The summed E-state index contributed by atoms with van der Waals surface area (Å²) in [6.07, 6.45) is 0. The van der Waals surface area contributed by atoms with Gasteiger partial charge in [-0.2, -0.15) is 0 Å². The maximum atomic E-state index is 13.5. The Morgan fingerprint density at radius 2 is 2.06 bits per heavy atom. The third-order valence-electron chi connectivity index (χ3n) is 2.62. The zero-order valence-electron chi connectivity index (χ0n) is 10.5. The zero-order valence-corrected chi connectivity index (χ0v) is 10.5. The summed E-state index contributed by atoms with van der Waals surface area (Å²) >= 11 is 0. The molecular formula is C12H15FN4O. The summed E-state index contributed by atoms with van der Waals surface area (Å²) in [6.45, 7) is 3.95. The van der Waals surface area contributed by atoms with Gasteiger partial charge < -0.3 is 10.5 Å². The maximum Gasteiger partial charge on any atom is 0.169 e. The first kappa shape index (κ1) is 12.3. The Morgan fingerprint density at radius 1 is 1.33 bits per heavy atom. The summed E-state index contributed by atoms with van der Waals surface area (Å²) < 4.78 is 20.0. The van der Waals surface area contributed by atoms with Crippen molar-refractivity contribution < 1.29 is 9.13 Å². The molecule has 1 aromatic heterocycles. The molecule has 0 aliphatic rings. The second-order valence-corrected chi connectivity index (χ2v) is 4.28. The lowest BCUT2D eigenvalue weighted by molar-refractivity contribution is 0.411. The maximum absolute atomic E-state index is 13.5. The predicted octanol–water partition coefficient (Wildman–Crippen LogP) is 2.12. The molecule has 0 aliphatic heterocycles. The van der Waals surface area contributed by atoms with Gasteiger partial charge in [0, 0.05) is 12.1 Å². The highest BCUT2D eigenvalue weighted by atomic mass is 19.1. The molecule has 0 bridgehead atoms. The normalized spacial score (nSPS) is 10.9. The lowest BCUT2D eigenvalue weighted by Crippen LogP contribution is -2.06. The van der Waals surface area contributed by atoms with Crippen LogP contribution in [0, 0.1) is 5.82 Å². The van der Waals surface area contributed by atoms with Gasteiger partial charge in [-0.1, -0.05) is 19.1 Å². The molecule has 0 spiro atoms. The highest BCUT2D eigenvalue weighted by Gasteiger charge is 2.16. The molecule has 96 valence electrons. The molecule has 0 amide bonds. The molecular weight excluding hydrogens is 235 g/mol. The molecule has 2 N–H and O–H groups in total. The molecule has 0 radical (unpaired) electrons. The number of hydrogen-bond acceptors (Lipinski definition) is 4. The third kappa shape index (κ3) is 2.13. The number of methoxy groups -OCH3 is 1. The summed E-state index contributed by atoms with van der Waals surface area (Å²) in [7, 11) is 1.48. The van der Waals surface area contributed by atoms with Crippen molar-refractivity contribution in [3.8, 4) is 11.4 Å². The number of anilines is 1. The van der Waals surface area contributed by atoms with Crippen molar-refractivity contribution in [1.29, 1.82) is 0 Å². The van der Waals surface area contributed by atoms with Crippen molar-refractivity contribution >= 4 is 5.82 Å². The van der Waals surface area contributed by atoms with Gasteiger partial charge in [0.05, 0.1) is 18.5 Å². The summed E-state index contributed by atoms with van der Waals surface area (Å²) in [5.41, 5.74) is 7.06. The number of halogens is 1. The first-order valence-electron chi connectivity index (χ1n) is 5.59. The lowest BCUT2D eigenvalue weighted by Gasteiger charge is -2.10. The molecule has 1 aromatic carbocycles. The Balaban J connectivity index is 2.58. The zero-order chi connectivity index (χ0) is 13.3. The first-order chi connectivity index (χ1) is 8.52. The van der Waals surface area contributed by atoms with Gasteiger partial charge in [-0.3, -0.25) is 0 Å². The molecule has 1 heterocycles. The fourth-order valence-corrected chi connectivity index (χ4v) is 1.82. The van der Waals surface area contributed by atoms with Crippen molar-refractivity contribution in [2.45, 2.75) is 19.8 Å². The number of nitrogen functional groups attached to an aromatic ring is 1. The van der Waals surface area contributed by atoms with E-state index < -0.39 is 5.82 Å². The number of benzene rings is 1. The molecule has 0 fully saturated rings. The largest absolute Gasteiger partial charge is 0.497 e. The number of nitrogens with zero attached hydrogens (tertiary/aromatic N) is 3. The van der Waals surface area contributed by atoms with Crippen LogP contribution in [0.25, 0.3) is 5.69 Å². The number of aromatic nitrogens is 3. The molecule has 0 unspecified atom stereocenters. The number of ether oxygens (including phenoxy) is 1. The van der Waals surface area contributed by atoms with Crippen LogP contribution in [0.3, 0.4) is 0 Å². The van der Waals surface area contributed by atoms with Gasteiger partial charge in [0.1, 0.15) is 11.6 Å². The van der Waals surface area contributed by atoms with Crippen LogP contribution in [0.4, 0.5) is 10.2 Å². The van der Waals surface area contributed by atoms with E-state index in [-0.39, 0.29) is 5.92 Å². The van der Waals surface area contributed by atoms with Crippen molar-refractivity contribution in [3.05, 3.63) is 29.7 Å². The second-order valence-electron chi connectivity index (χ2n) is 4.28. The topological polar surface area (TPSA) is 66.0 Å². The van der Waals surface area contributed by atoms with Crippen LogP contribution in [0.15, 0.2) is 18.2 Å². The molecule has 0 saturated heterocycles. The van der Waals surface area contributed by atoms with Gasteiger partial charge in [0.15, 0.2) is 5.82 Å². The smallest absolute Gasteiger partial charge is 0.169 e. The monoisotopic (exact) mass is 250 g/mol. The molecule has 2 aromatic rings. The predicted molar refractivity (Wildman–Crippen MR) is 66.4 cm³/mol.